The van der Waals surface area contributed by atoms with Crippen LogP contribution in [0.3, 0.4) is 0 Å². The molecule has 0 heterocycles. The number of halogens is 1. The van der Waals surface area contributed by atoms with E-state index in [0.717, 1.165) is 10.2 Å². The Hall–Kier alpha value is -1.27. The third-order valence-corrected chi connectivity index (χ3v) is 3.33. The standard InChI is InChI=1S/C11H16BrN3O2/c1-7(6-16)15(2)8-3-4-9(10(12)5-8)11(13)14-17/h3-5,7,16-17H,6H2,1-2H3,(H2,13,14). The van der Waals surface area contributed by atoms with Crippen LogP contribution in [0.1, 0.15) is 12.5 Å². The predicted molar refractivity (Wildman–Crippen MR) is 71.6 cm³/mol. The number of rotatable bonds is 4. The van der Waals surface area contributed by atoms with Crippen LogP contribution in [0.15, 0.2) is 27.8 Å². The summed E-state index contributed by atoms with van der Waals surface area (Å²) in [7, 11) is 1.89. The van der Waals surface area contributed by atoms with Crippen LogP contribution < -0.4 is 10.6 Å². The van der Waals surface area contributed by atoms with Crippen molar-refractivity contribution in [2.24, 2.45) is 10.9 Å². The van der Waals surface area contributed by atoms with E-state index in [1.54, 1.807) is 6.07 Å². The number of hydrogen-bond acceptors (Lipinski definition) is 4. The van der Waals surface area contributed by atoms with Gasteiger partial charge in [0, 0.05) is 28.8 Å². The van der Waals surface area contributed by atoms with E-state index in [2.05, 4.69) is 21.1 Å². The van der Waals surface area contributed by atoms with Gasteiger partial charge in [-0.2, -0.15) is 0 Å². The highest BCUT2D eigenvalue weighted by Gasteiger charge is 2.11. The van der Waals surface area contributed by atoms with Crippen molar-refractivity contribution in [3.63, 3.8) is 0 Å². The lowest BCUT2D eigenvalue weighted by atomic mass is 10.1. The van der Waals surface area contributed by atoms with E-state index in [1.165, 1.54) is 0 Å². The van der Waals surface area contributed by atoms with Gasteiger partial charge in [-0.3, -0.25) is 0 Å². The van der Waals surface area contributed by atoms with Gasteiger partial charge in [0.2, 0.25) is 0 Å². The number of amidine groups is 1. The second kappa shape index (κ2) is 5.88. The van der Waals surface area contributed by atoms with Crippen molar-refractivity contribution in [1.82, 2.24) is 0 Å². The molecule has 0 radical (unpaired) electrons. The zero-order valence-electron chi connectivity index (χ0n) is 9.76. The third kappa shape index (κ3) is 3.10. The molecule has 1 rings (SSSR count). The Kier molecular flexibility index (Phi) is 4.77. The summed E-state index contributed by atoms with van der Waals surface area (Å²) in [4.78, 5) is 1.95. The van der Waals surface area contributed by atoms with E-state index in [-0.39, 0.29) is 18.5 Å². The number of likely N-dealkylation sites (N-methyl/N-ethyl adjacent to an activating group) is 1. The highest BCUT2D eigenvalue weighted by atomic mass is 79.9. The van der Waals surface area contributed by atoms with E-state index in [1.807, 2.05) is 31.0 Å². The molecule has 0 aliphatic rings. The van der Waals surface area contributed by atoms with Gasteiger partial charge in [0.15, 0.2) is 5.84 Å². The zero-order chi connectivity index (χ0) is 13.0. The summed E-state index contributed by atoms with van der Waals surface area (Å²) in [6.45, 7) is 2.00. The Labute approximate surface area is 109 Å². The lowest BCUT2D eigenvalue weighted by Crippen LogP contribution is -2.31. The zero-order valence-corrected chi connectivity index (χ0v) is 11.3. The Morgan fingerprint density at radius 3 is 2.71 bits per heavy atom. The van der Waals surface area contributed by atoms with Gasteiger partial charge in [-0.05, 0) is 41.1 Å². The molecule has 0 bridgehead atoms. The molecule has 0 fully saturated rings. The molecule has 0 aromatic heterocycles. The molecule has 1 aromatic rings. The molecule has 5 nitrogen and oxygen atoms in total. The molecular formula is C11H16BrN3O2. The predicted octanol–water partition coefficient (Wildman–Crippen LogP) is 1.36. The molecule has 4 N–H and O–H groups in total. The summed E-state index contributed by atoms with van der Waals surface area (Å²) >= 11 is 3.37. The fourth-order valence-electron chi connectivity index (χ4n) is 1.36. The first-order chi connectivity index (χ1) is 8.01. The lowest BCUT2D eigenvalue weighted by Gasteiger charge is -2.25. The summed E-state index contributed by atoms with van der Waals surface area (Å²) in [5, 5.41) is 20.7. The molecule has 0 aliphatic heterocycles. The van der Waals surface area contributed by atoms with Crippen LogP contribution >= 0.6 is 15.9 Å². The first kappa shape index (κ1) is 13.8. The molecule has 0 aliphatic carbocycles. The van der Waals surface area contributed by atoms with Crippen LogP contribution in [-0.2, 0) is 0 Å². The van der Waals surface area contributed by atoms with Crippen molar-refractivity contribution >= 4 is 27.5 Å². The van der Waals surface area contributed by atoms with Crippen molar-refractivity contribution in [2.75, 3.05) is 18.6 Å². The molecule has 0 saturated carbocycles. The maximum Gasteiger partial charge on any atom is 0.171 e. The Morgan fingerprint density at radius 1 is 1.59 bits per heavy atom. The van der Waals surface area contributed by atoms with Crippen LogP contribution in [0.25, 0.3) is 0 Å². The van der Waals surface area contributed by atoms with E-state index in [4.69, 9.17) is 16.0 Å². The van der Waals surface area contributed by atoms with Crippen molar-refractivity contribution < 1.29 is 10.3 Å². The van der Waals surface area contributed by atoms with Crippen LogP contribution in [0.5, 0.6) is 0 Å². The summed E-state index contributed by atoms with van der Waals surface area (Å²) in [6, 6.07) is 5.50. The van der Waals surface area contributed by atoms with E-state index in [9.17, 15) is 0 Å². The number of nitrogens with zero attached hydrogens (tertiary/aromatic N) is 2. The normalized spacial score (nSPS) is 13.5. The highest BCUT2D eigenvalue weighted by molar-refractivity contribution is 9.10. The maximum absolute atomic E-state index is 9.09. The fraction of sp³-hybridized carbons (Fsp3) is 0.364. The maximum atomic E-state index is 9.09. The van der Waals surface area contributed by atoms with Gasteiger partial charge in [0.05, 0.1) is 6.61 Å². The van der Waals surface area contributed by atoms with Crippen molar-refractivity contribution in [2.45, 2.75) is 13.0 Å². The summed E-state index contributed by atoms with van der Waals surface area (Å²) < 4.78 is 0.738. The van der Waals surface area contributed by atoms with Crippen molar-refractivity contribution in [3.05, 3.63) is 28.2 Å². The van der Waals surface area contributed by atoms with Gasteiger partial charge in [0.25, 0.3) is 0 Å². The van der Waals surface area contributed by atoms with Crippen molar-refractivity contribution in [1.29, 1.82) is 0 Å². The van der Waals surface area contributed by atoms with E-state index >= 15 is 0 Å². The molecule has 0 amide bonds. The summed E-state index contributed by atoms with van der Waals surface area (Å²) in [6.07, 6.45) is 0. The van der Waals surface area contributed by atoms with Gasteiger partial charge in [-0.25, -0.2) is 0 Å². The topological polar surface area (TPSA) is 82.1 Å². The minimum absolute atomic E-state index is 0.0246. The smallest absolute Gasteiger partial charge is 0.171 e. The average Bonchev–Trinajstić information content (AvgIpc) is 2.35. The average molecular weight is 302 g/mol. The van der Waals surface area contributed by atoms with Gasteiger partial charge >= 0.3 is 0 Å². The monoisotopic (exact) mass is 301 g/mol. The number of benzene rings is 1. The van der Waals surface area contributed by atoms with E-state index < -0.39 is 0 Å². The quantitative estimate of drug-likeness (QED) is 0.339. The largest absolute Gasteiger partial charge is 0.409 e. The second-order valence-corrected chi connectivity index (χ2v) is 4.65. The summed E-state index contributed by atoms with van der Waals surface area (Å²) in [5.74, 6) is 0.0567. The Bertz CT molecular complexity index is 423. The first-order valence-corrected chi connectivity index (χ1v) is 5.91. The van der Waals surface area contributed by atoms with Crippen LogP contribution in [0.4, 0.5) is 5.69 Å². The number of aliphatic hydroxyl groups is 1. The van der Waals surface area contributed by atoms with E-state index in [0.29, 0.717) is 5.56 Å². The van der Waals surface area contributed by atoms with Crippen LogP contribution in [0.2, 0.25) is 0 Å². The molecule has 17 heavy (non-hydrogen) atoms. The SMILES string of the molecule is CC(CO)N(C)c1ccc(/C(N)=N/O)c(Br)c1. The number of anilines is 1. The molecule has 6 heteroatoms. The molecule has 94 valence electrons. The van der Waals surface area contributed by atoms with Gasteiger partial charge in [-0.1, -0.05) is 5.16 Å². The minimum Gasteiger partial charge on any atom is -0.409 e. The first-order valence-electron chi connectivity index (χ1n) is 5.12. The molecular weight excluding hydrogens is 286 g/mol. The minimum atomic E-state index is 0.0246. The number of oxime groups is 1. The number of hydrogen-bond donors (Lipinski definition) is 3. The molecule has 1 unspecified atom stereocenters. The molecule has 0 saturated heterocycles. The molecule has 1 aromatic carbocycles. The summed E-state index contributed by atoms with van der Waals surface area (Å²) in [5.41, 5.74) is 7.09. The second-order valence-electron chi connectivity index (χ2n) is 3.79. The molecule has 1 atom stereocenters. The van der Waals surface area contributed by atoms with Gasteiger partial charge in [0.1, 0.15) is 0 Å². The Balaban J connectivity index is 3.04. The van der Waals surface area contributed by atoms with Gasteiger partial charge < -0.3 is 20.9 Å². The van der Waals surface area contributed by atoms with Crippen molar-refractivity contribution in [3.8, 4) is 0 Å². The lowest BCUT2D eigenvalue weighted by molar-refractivity contribution is 0.270. The Morgan fingerprint density at radius 2 is 2.24 bits per heavy atom. The highest BCUT2D eigenvalue weighted by Crippen LogP contribution is 2.24. The third-order valence-electron chi connectivity index (χ3n) is 2.67. The number of aliphatic hydroxyl groups excluding tert-OH is 1. The fourth-order valence-corrected chi connectivity index (χ4v) is 1.93. The number of nitrogens with two attached hydrogens (primary N) is 1. The van der Waals surface area contributed by atoms with Gasteiger partial charge in [-0.15, -0.1) is 0 Å². The van der Waals surface area contributed by atoms with Crippen LogP contribution in [0, 0.1) is 0 Å². The van der Waals surface area contributed by atoms with Crippen LogP contribution in [-0.4, -0.2) is 35.8 Å². The molecule has 0 spiro atoms.